The minimum atomic E-state index is -0.682. The molecular formula is C18H17Cl2N3O2. The molecule has 0 saturated heterocycles. The molecule has 0 unspecified atom stereocenters. The highest BCUT2D eigenvalue weighted by atomic mass is 35.5. The van der Waals surface area contributed by atoms with Gasteiger partial charge in [-0.05, 0) is 44.5 Å². The van der Waals surface area contributed by atoms with E-state index < -0.39 is 5.97 Å². The van der Waals surface area contributed by atoms with E-state index in [1.54, 1.807) is 37.6 Å². The zero-order valence-electron chi connectivity index (χ0n) is 14.1. The van der Waals surface area contributed by atoms with Crippen LogP contribution in [0.3, 0.4) is 0 Å². The number of nitriles is 1. The number of hydrogen-bond acceptors (Lipinski definition) is 4. The number of rotatable bonds is 5. The third kappa shape index (κ3) is 4.85. The van der Waals surface area contributed by atoms with Gasteiger partial charge in [0, 0.05) is 10.6 Å². The third-order valence-corrected chi connectivity index (χ3v) is 3.98. The maximum absolute atomic E-state index is 11.9. The highest BCUT2D eigenvalue weighted by Gasteiger charge is 2.17. The van der Waals surface area contributed by atoms with E-state index in [-0.39, 0.29) is 11.7 Å². The standard InChI is InChI=1S/C18H17Cl2N3O2/c1-11(2)25-18(24)14(9-21)8-16-12(3)22-23(17(16)20)10-13-4-6-15(19)7-5-13/h4-8,11H,10H2,1-3H3/b14-8+. The fraction of sp³-hybridized carbons (Fsp3) is 0.278. The second-order valence-corrected chi connectivity index (χ2v) is 6.49. The number of aryl methyl sites for hydroxylation is 1. The van der Waals surface area contributed by atoms with Crippen LogP contribution in [0.1, 0.15) is 30.7 Å². The number of benzene rings is 1. The molecule has 0 spiro atoms. The van der Waals surface area contributed by atoms with Gasteiger partial charge in [-0.2, -0.15) is 10.4 Å². The monoisotopic (exact) mass is 377 g/mol. The van der Waals surface area contributed by atoms with Crippen LogP contribution in [0.25, 0.3) is 6.08 Å². The molecule has 0 radical (unpaired) electrons. The molecule has 2 rings (SSSR count). The van der Waals surface area contributed by atoms with Crippen LogP contribution in [0, 0.1) is 18.3 Å². The summed E-state index contributed by atoms with van der Waals surface area (Å²) in [6, 6.07) is 9.19. The van der Waals surface area contributed by atoms with Crippen molar-refractivity contribution in [2.45, 2.75) is 33.4 Å². The molecule has 0 atom stereocenters. The molecule has 0 N–H and O–H groups in total. The molecule has 130 valence electrons. The second-order valence-electron chi connectivity index (χ2n) is 5.70. The van der Waals surface area contributed by atoms with Crippen LogP contribution < -0.4 is 0 Å². The molecular weight excluding hydrogens is 361 g/mol. The van der Waals surface area contributed by atoms with E-state index in [1.165, 1.54) is 6.08 Å². The summed E-state index contributed by atoms with van der Waals surface area (Å²) in [6.07, 6.45) is 1.10. The Kier molecular flexibility index (Phi) is 6.24. The maximum Gasteiger partial charge on any atom is 0.349 e. The average Bonchev–Trinajstić information content (AvgIpc) is 2.80. The number of aromatic nitrogens is 2. The van der Waals surface area contributed by atoms with Crippen molar-refractivity contribution >= 4 is 35.2 Å². The van der Waals surface area contributed by atoms with Crippen LogP contribution in [0.4, 0.5) is 0 Å². The molecule has 0 saturated carbocycles. The number of carbonyl (C=O) groups excluding carboxylic acids is 1. The van der Waals surface area contributed by atoms with Crippen molar-refractivity contribution in [2.75, 3.05) is 0 Å². The second kappa shape index (κ2) is 8.19. The number of hydrogen-bond donors (Lipinski definition) is 0. The van der Waals surface area contributed by atoms with Gasteiger partial charge in [0.05, 0.1) is 18.3 Å². The van der Waals surface area contributed by atoms with Gasteiger partial charge in [-0.25, -0.2) is 9.48 Å². The van der Waals surface area contributed by atoms with Gasteiger partial charge in [0.25, 0.3) is 0 Å². The highest BCUT2D eigenvalue weighted by molar-refractivity contribution is 6.31. The predicted octanol–water partition coefficient (Wildman–Crippen LogP) is 4.41. The first kappa shape index (κ1) is 19.0. The van der Waals surface area contributed by atoms with E-state index in [0.29, 0.717) is 28.0 Å². The molecule has 1 heterocycles. The normalized spacial score (nSPS) is 11.5. The van der Waals surface area contributed by atoms with E-state index in [0.717, 1.165) is 5.56 Å². The average molecular weight is 378 g/mol. The summed E-state index contributed by atoms with van der Waals surface area (Å²) in [5.41, 5.74) is 1.99. The van der Waals surface area contributed by atoms with E-state index in [2.05, 4.69) is 5.10 Å². The maximum atomic E-state index is 11.9. The van der Waals surface area contributed by atoms with Gasteiger partial charge in [0.2, 0.25) is 0 Å². The van der Waals surface area contributed by atoms with Crippen LogP contribution >= 0.6 is 23.2 Å². The van der Waals surface area contributed by atoms with Crippen molar-refractivity contribution in [1.29, 1.82) is 5.26 Å². The molecule has 1 aromatic heterocycles. The molecule has 7 heteroatoms. The molecule has 5 nitrogen and oxygen atoms in total. The lowest BCUT2D eigenvalue weighted by Crippen LogP contribution is -2.12. The first-order valence-electron chi connectivity index (χ1n) is 7.62. The largest absolute Gasteiger partial charge is 0.459 e. The van der Waals surface area contributed by atoms with Gasteiger partial charge in [0.15, 0.2) is 0 Å². The number of nitrogens with zero attached hydrogens (tertiary/aromatic N) is 3. The summed E-state index contributed by atoms with van der Waals surface area (Å²) < 4.78 is 6.66. The Bertz CT molecular complexity index is 846. The lowest BCUT2D eigenvalue weighted by atomic mass is 10.1. The Morgan fingerprint density at radius 2 is 2.00 bits per heavy atom. The number of ether oxygens (including phenoxy) is 1. The highest BCUT2D eigenvalue weighted by Crippen LogP contribution is 2.24. The molecule has 0 aliphatic heterocycles. The summed E-state index contributed by atoms with van der Waals surface area (Å²) >= 11 is 12.3. The van der Waals surface area contributed by atoms with Crippen LogP contribution in [0.15, 0.2) is 29.8 Å². The quantitative estimate of drug-likeness (QED) is 0.439. The van der Waals surface area contributed by atoms with E-state index in [9.17, 15) is 10.1 Å². The van der Waals surface area contributed by atoms with Gasteiger partial charge in [-0.1, -0.05) is 35.3 Å². The summed E-state index contributed by atoms with van der Waals surface area (Å²) in [5.74, 6) is -0.682. The first-order chi connectivity index (χ1) is 11.8. The van der Waals surface area contributed by atoms with Crippen molar-refractivity contribution in [3.8, 4) is 6.07 Å². The minimum absolute atomic E-state index is 0.121. The Labute approximate surface area is 156 Å². The summed E-state index contributed by atoms with van der Waals surface area (Å²) in [5, 5.41) is 14.6. The fourth-order valence-corrected chi connectivity index (χ4v) is 2.57. The van der Waals surface area contributed by atoms with Crippen LogP contribution in [-0.2, 0) is 16.1 Å². The van der Waals surface area contributed by atoms with E-state index >= 15 is 0 Å². The zero-order valence-corrected chi connectivity index (χ0v) is 15.6. The minimum Gasteiger partial charge on any atom is -0.459 e. The van der Waals surface area contributed by atoms with Gasteiger partial charge in [-0.15, -0.1) is 0 Å². The molecule has 0 fully saturated rings. The van der Waals surface area contributed by atoms with Gasteiger partial charge >= 0.3 is 5.97 Å². The summed E-state index contributed by atoms with van der Waals surface area (Å²) in [4.78, 5) is 11.9. The van der Waals surface area contributed by atoms with Crippen LogP contribution in [-0.4, -0.2) is 21.9 Å². The molecule has 0 bridgehead atoms. The van der Waals surface area contributed by atoms with Crippen LogP contribution in [0.2, 0.25) is 10.2 Å². The molecule has 0 aliphatic rings. The fourth-order valence-electron chi connectivity index (χ4n) is 2.16. The number of esters is 1. The SMILES string of the molecule is Cc1nn(Cc2ccc(Cl)cc2)c(Cl)c1/C=C(\C#N)C(=O)OC(C)C. The Hall–Kier alpha value is -2.29. The lowest BCUT2D eigenvalue weighted by molar-refractivity contribution is -0.142. The van der Waals surface area contributed by atoms with Crippen molar-refractivity contribution in [3.63, 3.8) is 0 Å². The molecule has 25 heavy (non-hydrogen) atoms. The third-order valence-electron chi connectivity index (χ3n) is 3.33. The number of carbonyl (C=O) groups is 1. The zero-order chi connectivity index (χ0) is 18.6. The van der Waals surface area contributed by atoms with Crippen molar-refractivity contribution in [2.24, 2.45) is 0 Å². The van der Waals surface area contributed by atoms with Gasteiger partial charge in [-0.3, -0.25) is 0 Å². The molecule has 0 amide bonds. The Balaban J connectivity index is 2.32. The molecule has 1 aromatic carbocycles. The first-order valence-corrected chi connectivity index (χ1v) is 8.37. The Morgan fingerprint density at radius 3 is 2.56 bits per heavy atom. The molecule has 0 aliphatic carbocycles. The van der Waals surface area contributed by atoms with Crippen molar-refractivity contribution < 1.29 is 9.53 Å². The van der Waals surface area contributed by atoms with Gasteiger partial charge < -0.3 is 4.74 Å². The summed E-state index contributed by atoms with van der Waals surface area (Å²) in [6.45, 7) is 5.65. The smallest absolute Gasteiger partial charge is 0.349 e. The molecule has 2 aromatic rings. The van der Waals surface area contributed by atoms with E-state index in [4.69, 9.17) is 27.9 Å². The lowest BCUT2D eigenvalue weighted by Gasteiger charge is -2.06. The topological polar surface area (TPSA) is 67.9 Å². The Morgan fingerprint density at radius 1 is 1.36 bits per heavy atom. The van der Waals surface area contributed by atoms with E-state index in [1.807, 2.05) is 18.2 Å². The van der Waals surface area contributed by atoms with Crippen molar-refractivity contribution in [3.05, 3.63) is 56.8 Å². The van der Waals surface area contributed by atoms with Crippen molar-refractivity contribution in [1.82, 2.24) is 9.78 Å². The van der Waals surface area contributed by atoms with Crippen LogP contribution in [0.5, 0.6) is 0 Å². The summed E-state index contributed by atoms with van der Waals surface area (Å²) in [7, 11) is 0. The number of halogens is 2. The van der Waals surface area contributed by atoms with Gasteiger partial charge in [0.1, 0.15) is 16.8 Å². The predicted molar refractivity (Wildman–Crippen MR) is 97.3 cm³/mol.